The maximum atomic E-state index is 2.54. The van der Waals surface area contributed by atoms with Crippen LogP contribution in [0.3, 0.4) is 0 Å². The molecule has 7 aromatic rings. The van der Waals surface area contributed by atoms with Gasteiger partial charge in [0, 0.05) is 40.0 Å². The number of rotatable bonds is 9. The molecule has 9 rings (SSSR count). The zero-order valence-electron chi connectivity index (χ0n) is 32.3. The molecule has 0 aromatic heterocycles. The molecule has 1 unspecified atom stereocenters. The van der Waals surface area contributed by atoms with Crippen molar-refractivity contribution in [2.45, 2.75) is 64.0 Å². The molecule has 1 aliphatic heterocycles. The topological polar surface area (TPSA) is 6.48 Å². The molecule has 272 valence electrons. The summed E-state index contributed by atoms with van der Waals surface area (Å²) in [6.45, 7) is 7.38. The van der Waals surface area contributed by atoms with E-state index in [0.29, 0.717) is 5.92 Å². The van der Waals surface area contributed by atoms with Crippen LogP contribution in [-0.2, 0) is 0 Å². The summed E-state index contributed by atoms with van der Waals surface area (Å²) >= 11 is 0. The average molecular weight is 731 g/mol. The molecule has 0 N–H and O–H groups in total. The number of para-hydroxylation sites is 2. The average Bonchev–Trinajstić information content (AvgIpc) is 3.49. The molecule has 0 amide bonds. The van der Waals surface area contributed by atoms with Crippen LogP contribution in [0.25, 0.3) is 11.1 Å². The zero-order valence-corrected chi connectivity index (χ0v) is 33.3. The standard InChI is InChI=1S/C52H50N2Si/c1-38(39-26-32-45(33-27-39)53(43-18-9-5-10-19-43)44-20-11-6-12-21-44)40-28-34-46(35-29-40)54(47-36-30-42(31-37-47)41-16-7-4-8-17-41)50-24-15-23-49-48-22-13-14-25-51(48)55(2,3)52(49)50/h5-6,9-15,18-38,41H,4,7-8,16-17H2,1-3H3. The van der Waals surface area contributed by atoms with Gasteiger partial charge in [0.05, 0.1) is 0 Å². The largest absolute Gasteiger partial charge is 0.311 e. The molecular formula is C52H50N2Si. The third-order valence-electron chi connectivity index (χ3n) is 12.4. The van der Waals surface area contributed by atoms with Crippen LogP contribution in [0.1, 0.15) is 67.6 Å². The summed E-state index contributed by atoms with van der Waals surface area (Å²) in [6, 6.07) is 65.4. The number of fused-ring (bicyclic) bond motifs is 3. The van der Waals surface area contributed by atoms with Gasteiger partial charge in [-0.2, -0.15) is 0 Å². The van der Waals surface area contributed by atoms with Gasteiger partial charge in [0.2, 0.25) is 0 Å². The summed E-state index contributed by atoms with van der Waals surface area (Å²) in [5, 5.41) is 3.07. The highest BCUT2D eigenvalue weighted by Crippen LogP contribution is 2.42. The second-order valence-electron chi connectivity index (χ2n) is 16.0. The lowest BCUT2D eigenvalue weighted by molar-refractivity contribution is 0.443. The summed E-state index contributed by atoms with van der Waals surface area (Å²) in [7, 11) is -1.97. The highest BCUT2D eigenvalue weighted by Gasteiger charge is 2.40. The van der Waals surface area contributed by atoms with Crippen molar-refractivity contribution in [3.05, 3.63) is 193 Å². The third kappa shape index (κ3) is 6.61. The quantitative estimate of drug-likeness (QED) is 0.136. The first kappa shape index (κ1) is 35.1. The molecular weight excluding hydrogens is 681 g/mol. The number of anilines is 6. The summed E-state index contributed by atoms with van der Waals surface area (Å²) in [5.74, 6) is 0.933. The van der Waals surface area contributed by atoms with Gasteiger partial charge in [0.15, 0.2) is 0 Å². The molecule has 1 heterocycles. The van der Waals surface area contributed by atoms with E-state index in [-0.39, 0.29) is 5.92 Å². The van der Waals surface area contributed by atoms with Gasteiger partial charge >= 0.3 is 0 Å². The number of hydrogen-bond donors (Lipinski definition) is 0. The fourth-order valence-corrected chi connectivity index (χ4v) is 12.8. The van der Waals surface area contributed by atoms with Crippen LogP contribution >= 0.6 is 0 Å². The number of benzene rings is 7. The second kappa shape index (κ2) is 14.9. The van der Waals surface area contributed by atoms with E-state index >= 15 is 0 Å². The van der Waals surface area contributed by atoms with Crippen molar-refractivity contribution in [3.8, 4) is 11.1 Å². The lowest BCUT2D eigenvalue weighted by atomic mass is 9.84. The van der Waals surface area contributed by atoms with Gasteiger partial charge in [-0.05, 0) is 124 Å². The fraction of sp³-hybridized carbons (Fsp3) is 0.192. The maximum absolute atomic E-state index is 2.54. The van der Waals surface area contributed by atoms with E-state index in [0.717, 1.165) is 17.1 Å². The summed E-state index contributed by atoms with van der Waals surface area (Å²) < 4.78 is 0. The SMILES string of the molecule is CC(c1ccc(N(c2ccccc2)c2ccccc2)cc1)c1ccc(N(c2ccc(C3CCCCC3)cc2)c2cccc3c2[Si](C)(C)c2ccccc2-3)cc1. The molecule has 1 aliphatic carbocycles. The van der Waals surface area contributed by atoms with Crippen molar-refractivity contribution >= 4 is 52.6 Å². The normalized spacial score (nSPS) is 15.2. The number of nitrogens with zero attached hydrogens (tertiary/aromatic N) is 2. The zero-order chi connectivity index (χ0) is 37.4. The Hall–Kier alpha value is -5.64. The number of hydrogen-bond acceptors (Lipinski definition) is 2. The molecule has 1 atom stereocenters. The Morgan fingerprint density at radius 2 is 0.927 bits per heavy atom. The molecule has 0 bridgehead atoms. The summed E-state index contributed by atoms with van der Waals surface area (Å²) in [6.07, 6.45) is 6.71. The Kier molecular flexibility index (Phi) is 9.49. The van der Waals surface area contributed by atoms with Gasteiger partial charge in [-0.1, -0.05) is 148 Å². The van der Waals surface area contributed by atoms with E-state index in [4.69, 9.17) is 0 Å². The van der Waals surface area contributed by atoms with Crippen molar-refractivity contribution in [3.63, 3.8) is 0 Å². The molecule has 0 saturated heterocycles. The molecule has 1 fully saturated rings. The highest BCUT2D eigenvalue weighted by atomic mass is 28.3. The Balaban J connectivity index is 1.06. The van der Waals surface area contributed by atoms with E-state index < -0.39 is 8.07 Å². The van der Waals surface area contributed by atoms with Crippen LogP contribution < -0.4 is 20.2 Å². The molecule has 55 heavy (non-hydrogen) atoms. The van der Waals surface area contributed by atoms with Gasteiger partial charge in [-0.3, -0.25) is 0 Å². The predicted octanol–water partition coefficient (Wildman–Crippen LogP) is 13.6. The van der Waals surface area contributed by atoms with E-state index in [9.17, 15) is 0 Å². The van der Waals surface area contributed by atoms with Crippen molar-refractivity contribution in [2.75, 3.05) is 9.80 Å². The van der Waals surface area contributed by atoms with Gasteiger partial charge < -0.3 is 9.80 Å². The Morgan fingerprint density at radius 1 is 0.455 bits per heavy atom. The predicted molar refractivity (Wildman–Crippen MR) is 238 cm³/mol. The lowest BCUT2D eigenvalue weighted by Crippen LogP contribution is -2.50. The molecule has 2 nitrogen and oxygen atoms in total. The first-order valence-corrected chi connectivity index (χ1v) is 23.2. The molecule has 1 saturated carbocycles. The van der Waals surface area contributed by atoms with Crippen molar-refractivity contribution in [2.24, 2.45) is 0 Å². The first-order chi connectivity index (χ1) is 27.0. The molecule has 0 radical (unpaired) electrons. The Bertz CT molecular complexity index is 2340. The minimum atomic E-state index is -1.97. The van der Waals surface area contributed by atoms with Gasteiger partial charge in [0.25, 0.3) is 0 Å². The highest BCUT2D eigenvalue weighted by molar-refractivity contribution is 7.04. The third-order valence-corrected chi connectivity index (χ3v) is 15.9. The maximum Gasteiger partial charge on any atom is 0.116 e. The van der Waals surface area contributed by atoms with Crippen LogP contribution in [0, 0.1) is 0 Å². The van der Waals surface area contributed by atoms with Gasteiger partial charge in [0.1, 0.15) is 8.07 Å². The fourth-order valence-electron chi connectivity index (χ4n) is 9.38. The summed E-state index contributed by atoms with van der Waals surface area (Å²) in [5.41, 5.74) is 14.1. The van der Waals surface area contributed by atoms with Crippen LogP contribution in [-0.4, -0.2) is 8.07 Å². The van der Waals surface area contributed by atoms with E-state index in [1.807, 2.05) is 0 Å². The van der Waals surface area contributed by atoms with Crippen LogP contribution in [0.15, 0.2) is 176 Å². The Labute approximate surface area is 328 Å². The summed E-state index contributed by atoms with van der Waals surface area (Å²) in [4.78, 5) is 4.86. The van der Waals surface area contributed by atoms with Gasteiger partial charge in [-0.15, -0.1) is 0 Å². The van der Waals surface area contributed by atoms with Gasteiger partial charge in [-0.25, -0.2) is 0 Å². The monoisotopic (exact) mass is 730 g/mol. The minimum Gasteiger partial charge on any atom is -0.311 e. The molecule has 2 aliphatic rings. The molecule has 7 aromatic carbocycles. The van der Waals surface area contributed by atoms with Crippen molar-refractivity contribution in [1.29, 1.82) is 0 Å². The van der Waals surface area contributed by atoms with Crippen molar-refractivity contribution in [1.82, 2.24) is 0 Å². The molecule has 3 heteroatoms. The second-order valence-corrected chi connectivity index (χ2v) is 20.3. The van der Waals surface area contributed by atoms with E-state index in [1.54, 1.807) is 0 Å². The minimum absolute atomic E-state index is 0.245. The van der Waals surface area contributed by atoms with Crippen molar-refractivity contribution < 1.29 is 0 Å². The van der Waals surface area contributed by atoms with Crippen LogP contribution in [0.2, 0.25) is 13.1 Å². The van der Waals surface area contributed by atoms with Crippen LogP contribution in [0.4, 0.5) is 34.1 Å². The smallest absolute Gasteiger partial charge is 0.116 e. The van der Waals surface area contributed by atoms with E-state index in [2.05, 4.69) is 206 Å². The van der Waals surface area contributed by atoms with E-state index in [1.165, 1.54) is 87.4 Å². The Morgan fingerprint density at radius 3 is 1.51 bits per heavy atom. The first-order valence-electron chi connectivity index (χ1n) is 20.2. The van der Waals surface area contributed by atoms with Crippen LogP contribution in [0.5, 0.6) is 0 Å². The lowest BCUT2D eigenvalue weighted by Gasteiger charge is -2.32. The molecule has 0 spiro atoms.